The Balaban J connectivity index is 1.79. The van der Waals surface area contributed by atoms with Crippen LogP contribution in [0.3, 0.4) is 0 Å². The third-order valence-corrected chi connectivity index (χ3v) is 5.99. The van der Waals surface area contributed by atoms with Crippen molar-refractivity contribution in [3.8, 4) is 0 Å². The summed E-state index contributed by atoms with van der Waals surface area (Å²) < 4.78 is 31.5. The molecule has 0 aromatic rings. The molecule has 0 radical (unpaired) electrons. The molecule has 1 fully saturated rings. The number of ether oxygens (including phenoxy) is 1. The lowest BCUT2D eigenvalue weighted by atomic mass is 10.0. The van der Waals surface area contributed by atoms with Crippen molar-refractivity contribution in [2.75, 3.05) is 38.5 Å². The molecular formula is C15H28N2O3S. The van der Waals surface area contributed by atoms with Gasteiger partial charge in [-0.1, -0.05) is 12.2 Å². The van der Waals surface area contributed by atoms with Crippen LogP contribution in [0.2, 0.25) is 0 Å². The molecule has 6 heteroatoms. The molecule has 1 unspecified atom stereocenters. The van der Waals surface area contributed by atoms with Crippen LogP contribution in [0.5, 0.6) is 0 Å². The second-order valence-corrected chi connectivity index (χ2v) is 8.19. The first-order valence-electron chi connectivity index (χ1n) is 7.99. The van der Waals surface area contributed by atoms with Crippen molar-refractivity contribution in [3.05, 3.63) is 12.2 Å². The minimum absolute atomic E-state index is 0.0788. The maximum atomic E-state index is 12.3. The Morgan fingerprint density at radius 3 is 2.52 bits per heavy atom. The highest BCUT2D eigenvalue weighted by molar-refractivity contribution is 7.89. The van der Waals surface area contributed by atoms with Gasteiger partial charge in [0, 0.05) is 32.2 Å². The number of allylic oxidation sites excluding steroid dienone is 1. The predicted octanol–water partition coefficient (Wildman–Crippen LogP) is 1.47. The maximum absolute atomic E-state index is 12.3. The molecule has 2 rings (SSSR count). The van der Waals surface area contributed by atoms with Crippen LogP contribution in [0.1, 0.15) is 33.1 Å². The van der Waals surface area contributed by atoms with Gasteiger partial charge in [-0.25, -0.2) is 8.42 Å². The summed E-state index contributed by atoms with van der Waals surface area (Å²) in [5, 5.41) is 0. The van der Waals surface area contributed by atoms with Crippen molar-refractivity contribution in [1.82, 2.24) is 9.21 Å². The summed E-state index contributed by atoms with van der Waals surface area (Å²) in [6, 6.07) is 0.507. The Morgan fingerprint density at radius 2 is 1.95 bits per heavy atom. The monoisotopic (exact) mass is 316 g/mol. The number of rotatable bonds is 6. The van der Waals surface area contributed by atoms with E-state index >= 15 is 0 Å². The third kappa shape index (κ3) is 5.06. The van der Waals surface area contributed by atoms with Crippen LogP contribution in [-0.2, 0) is 14.8 Å². The first-order chi connectivity index (χ1) is 9.99. The van der Waals surface area contributed by atoms with Gasteiger partial charge in [0.15, 0.2) is 0 Å². The van der Waals surface area contributed by atoms with Gasteiger partial charge < -0.3 is 4.74 Å². The average molecular weight is 316 g/mol. The van der Waals surface area contributed by atoms with Gasteiger partial charge >= 0.3 is 0 Å². The van der Waals surface area contributed by atoms with Gasteiger partial charge in [-0.15, -0.1) is 0 Å². The average Bonchev–Trinajstić information content (AvgIpc) is 2.48. The summed E-state index contributed by atoms with van der Waals surface area (Å²) in [5.74, 6) is 0.0918. The normalized spacial score (nSPS) is 25.6. The zero-order chi connectivity index (χ0) is 15.3. The Kier molecular flexibility index (Phi) is 6.22. The molecule has 1 saturated heterocycles. The summed E-state index contributed by atoms with van der Waals surface area (Å²) in [5.41, 5.74) is 0. The van der Waals surface area contributed by atoms with E-state index in [0.717, 1.165) is 13.1 Å². The number of sulfonamides is 1. The van der Waals surface area contributed by atoms with Crippen LogP contribution < -0.4 is 0 Å². The van der Waals surface area contributed by atoms with Gasteiger partial charge in [-0.3, -0.25) is 4.90 Å². The predicted molar refractivity (Wildman–Crippen MR) is 84.8 cm³/mol. The Bertz CT molecular complexity index is 440. The lowest BCUT2D eigenvalue weighted by molar-refractivity contribution is 0.0899. The molecule has 0 aromatic heterocycles. The Hall–Kier alpha value is -0.430. The summed E-state index contributed by atoms with van der Waals surface area (Å²) in [6.07, 6.45) is 8.23. The minimum Gasteiger partial charge on any atom is -0.378 e. The summed E-state index contributed by atoms with van der Waals surface area (Å²) in [6.45, 7) is 7.00. The SMILES string of the molecule is CC(C)OCCS(=O)(=O)N1CCN(C2C=CCCC2)CC1. The standard InChI is InChI=1S/C15H28N2O3S/c1-14(2)20-12-13-21(18,19)17-10-8-16(9-11-17)15-6-4-3-5-7-15/h4,6,14-15H,3,5,7-13H2,1-2H3. The highest BCUT2D eigenvalue weighted by atomic mass is 32.2. The lowest BCUT2D eigenvalue weighted by Gasteiger charge is -2.38. The van der Waals surface area contributed by atoms with Gasteiger partial charge in [-0.05, 0) is 33.1 Å². The summed E-state index contributed by atoms with van der Waals surface area (Å²) in [7, 11) is -3.17. The van der Waals surface area contributed by atoms with Crippen LogP contribution in [0.15, 0.2) is 12.2 Å². The van der Waals surface area contributed by atoms with E-state index in [1.807, 2.05) is 13.8 Å². The zero-order valence-electron chi connectivity index (χ0n) is 13.2. The van der Waals surface area contributed by atoms with Crippen LogP contribution in [0, 0.1) is 0 Å². The molecule has 1 aliphatic carbocycles. The highest BCUT2D eigenvalue weighted by Gasteiger charge is 2.29. The summed E-state index contributed by atoms with van der Waals surface area (Å²) >= 11 is 0. The van der Waals surface area contributed by atoms with E-state index in [4.69, 9.17) is 4.74 Å². The van der Waals surface area contributed by atoms with E-state index in [-0.39, 0.29) is 18.5 Å². The van der Waals surface area contributed by atoms with Crippen molar-refractivity contribution in [1.29, 1.82) is 0 Å². The fourth-order valence-electron chi connectivity index (χ4n) is 2.93. The second-order valence-electron chi connectivity index (χ2n) is 6.10. The number of hydrogen-bond acceptors (Lipinski definition) is 4. The lowest BCUT2D eigenvalue weighted by Crippen LogP contribution is -2.52. The largest absolute Gasteiger partial charge is 0.378 e. The van der Waals surface area contributed by atoms with Crippen molar-refractivity contribution in [2.45, 2.75) is 45.3 Å². The zero-order valence-corrected chi connectivity index (χ0v) is 14.0. The maximum Gasteiger partial charge on any atom is 0.216 e. The van der Waals surface area contributed by atoms with Crippen molar-refractivity contribution in [2.24, 2.45) is 0 Å². The molecular weight excluding hydrogens is 288 g/mol. The van der Waals surface area contributed by atoms with Gasteiger partial charge in [0.05, 0.1) is 18.5 Å². The topological polar surface area (TPSA) is 49.9 Å². The van der Waals surface area contributed by atoms with Crippen LogP contribution in [-0.4, -0.2) is 68.3 Å². The molecule has 122 valence electrons. The number of nitrogens with zero attached hydrogens (tertiary/aromatic N) is 2. The van der Waals surface area contributed by atoms with E-state index < -0.39 is 10.0 Å². The van der Waals surface area contributed by atoms with Crippen LogP contribution in [0.25, 0.3) is 0 Å². The van der Waals surface area contributed by atoms with Gasteiger partial charge in [-0.2, -0.15) is 4.31 Å². The molecule has 0 bridgehead atoms. The molecule has 0 saturated carbocycles. The molecule has 1 atom stereocenters. The molecule has 0 aromatic carbocycles. The van der Waals surface area contributed by atoms with E-state index in [1.54, 1.807) is 4.31 Å². The third-order valence-electron chi connectivity index (χ3n) is 4.16. The summed E-state index contributed by atoms with van der Waals surface area (Å²) in [4.78, 5) is 2.41. The van der Waals surface area contributed by atoms with Crippen molar-refractivity contribution < 1.29 is 13.2 Å². The molecule has 1 aliphatic heterocycles. The molecule has 21 heavy (non-hydrogen) atoms. The molecule has 0 spiro atoms. The minimum atomic E-state index is -3.17. The van der Waals surface area contributed by atoms with Gasteiger partial charge in [0.25, 0.3) is 0 Å². The molecule has 0 N–H and O–H groups in total. The Labute approximate surface area is 129 Å². The van der Waals surface area contributed by atoms with Crippen molar-refractivity contribution in [3.63, 3.8) is 0 Å². The quantitative estimate of drug-likeness (QED) is 0.696. The number of piperazine rings is 1. The second kappa shape index (κ2) is 7.72. The smallest absolute Gasteiger partial charge is 0.216 e. The number of hydrogen-bond donors (Lipinski definition) is 0. The van der Waals surface area contributed by atoms with E-state index in [0.29, 0.717) is 19.1 Å². The Morgan fingerprint density at radius 1 is 1.24 bits per heavy atom. The molecule has 2 aliphatic rings. The van der Waals surface area contributed by atoms with E-state index in [9.17, 15) is 8.42 Å². The van der Waals surface area contributed by atoms with E-state index in [2.05, 4.69) is 17.1 Å². The molecule has 5 nitrogen and oxygen atoms in total. The fourth-order valence-corrected chi connectivity index (χ4v) is 4.21. The van der Waals surface area contributed by atoms with Gasteiger partial charge in [0.2, 0.25) is 10.0 Å². The van der Waals surface area contributed by atoms with Gasteiger partial charge in [0.1, 0.15) is 0 Å². The molecule has 1 heterocycles. The highest BCUT2D eigenvalue weighted by Crippen LogP contribution is 2.19. The fraction of sp³-hybridized carbons (Fsp3) is 0.867. The van der Waals surface area contributed by atoms with Crippen LogP contribution >= 0.6 is 0 Å². The van der Waals surface area contributed by atoms with Crippen LogP contribution in [0.4, 0.5) is 0 Å². The van der Waals surface area contributed by atoms with Crippen molar-refractivity contribution >= 4 is 10.0 Å². The first-order valence-corrected chi connectivity index (χ1v) is 9.60. The first kappa shape index (κ1) is 16.9. The van der Waals surface area contributed by atoms with E-state index in [1.165, 1.54) is 19.3 Å². The molecule has 0 amide bonds.